The van der Waals surface area contributed by atoms with Crippen LogP contribution < -0.4 is 4.90 Å². The monoisotopic (exact) mass is 348 g/mol. The smallest absolute Gasteiger partial charge is 0.231 e. The largest absolute Gasteiger partial charge is 0.342 e. The minimum Gasteiger partial charge on any atom is -0.342 e. The Kier molecular flexibility index (Phi) is 4.74. The summed E-state index contributed by atoms with van der Waals surface area (Å²) in [5.74, 6) is 0.206. The molecule has 2 heterocycles. The molecule has 26 heavy (non-hydrogen) atoms. The number of hydrogen-bond donors (Lipinski definition) is 0. The van der Waals surface area contributed by atoms with Gasteiger partial charge in [0.05, 0.1) is 12.3 Å². The highest BCUT2D eigenvalue weighted by atomic mass is 16.2. The summed E-state index contributed by atoms with van der Waals surface area (Å²) in [4.78, 5) is 29.5. The summed E-state index contributed by atoms with van der Waals surface area (Å²) in [7, 11) is 0. The first kappa shape index (κ1) is 16.8. The van der Waals surface area contributed by atoms with Crippen molar-refractivity contribution in [3.05, 3.63) is 65.7 Å². The fourth-order valence-corrected chi connectivity index (χ4v) is 4.08. The van der Waals surface area contributed by atoms with Crippen molar-refractivity contribution < 1.29 is 9.59 Å². The number of likely N-dealkylation sites (tertiary alicyclic amines) is 1. The molecule has 1 saturated heterocycles. The van der Waals surface area contributed by atoms with Crippen molar-refractivity contribution in [2.24, 2.45) is 5.92 Å². The average molecular weight is 348 g/mol. The molecule has 134 valence electrons. The summed E-state index contributed by atoms with van der Waals surface area (Å²) in [5.41, 5.74) is 3.32. The van der Waals surface area contributed by atoms with Crippen LogP contribution in [0.25, 0.3) is 0 Å². The van der Waals surface area contributed by atoms with Gasteiger partial charge in [0.25, 0.3) is 0 Å². The zero-order chi connectivity index (χ0) is 17.9. The average Bonchev–Trinajstić information content (AvgIpc) is 3.12. The SMILES string of the molecule is O=C(Cc1ccccc1)N1CCCC(C(=O)N2CCc3ccccc32)C1. The van der Waals surface area contributed by atoms with Gasteiger partial charge in [-0.05, 0) is 36.5 Å². The van der Waals surface area contributed by atoms with Crippen LogP contribution in [-0.4, -0.2) is 36.3 Å². The summed E-state index contributed by atoms with van der Waals surface area (Å²) in [5, 5.41) is 0. The van der Waals surface area contributed by atoms with Crippen LogP contribution in [-0.2, 0) is 22.4 Å². The second kappa shape index (κ2) is 7.32. The minimum absolute atomic E-state index is 0.0883. The lowest BCUT2D eigenvalue weighted by Gasteiger charge is -2.34. The molecule has 4 rings (SSSR count). The first-order valence-corrected chi connectivity index (χ1v) is 9.43. The second-order valence-electron chi connectivity index (χ2n) is 7.21. The van der Waals surface area contributed by atoms with E-state index in [1.165, 1.54) is 5.56 Å². The van der Waals surface area contributed by atoms with E-state index in [4.69, 9.17) is 0 Å². The van der Waals surface area contributed by atoms with Gasteiger partial charge in [0.1, 0.15) is 0 Å². The van der Waals surface area contributed by atoms with E-state index < -0.39 is 0 Å². The van der Waals surface area contributed by atoms with Gasteiger partial charge in [-0.25, -0.2) is 0 Å². The molecular weight excluding hydrogens is 324 g/mol. The number of hydrogen-bond acceptors (Lipinski definition) is 2. The molecule has 0 radical (unpaired) electrons. The number of amides is 2. The van der Waals surface area contributed by atoms with E-state index in [1.54, 1.807) is 0 Å². The number of carbonyl (C=O) groups excluding carboxylic acids is 2. The Morgan fingerprint density at radius 3 is 2.58 bits per heavy atom. The van der Waals surface area contributed by atoms with E-state index in [9.17, 15) is 9.59 Å². The van der Waals surface area contributed by atoms with Crippen LogP contribution in [0.15, 0.2) is 54.6 Å². The van der Waals surface area contributed by atoms with Crippen LogP contribution in [0.1, 0.15) is 24.0 Å². The Morgan fingerprint density at radius 2 is 1.73 bits per heavy atom. The molecule has 0 aromatic heterocycles. The van der Waals surface area contributed by atoms with E-state index >= 15 is 0 Å². The van der Waals surface area contributed by atoms with Gasteiger partial charge in [-0.2, -0.15) is 0 Å². The summed E-state index contributed by atoms with van der Waals surface area (Å²) in [6.45, 7) is 2.06. The fourth-order valence-electron chi connectivity index (χ4n) is 4.08. The van der Waals surface area contributed by atoms with Gasteiger partial charge in [0, 0.05) is 25.3 Å². The molecule has 2 amide bonds. The Hall–Kier alpha value is -2.62. The molecule has 2 aromatic carbocycles. The van der Waals surface area contributed by atoms with Gasteiger partial charge in [-0.15, -0.1) is 0 Å². The highest BCUT2D eigenvalue weighted by Gasteiger charge is 2.34. The van der Waals surface area contributed by atoms with Crippen LogP contribution in [0.5, 0.6) is 0 Å². The van der Waals surface area contributed by atoms with Gasteiger partial charge >= 0.3 is 0 Å². The number of piperidine rings is 1. The fraction of sp³-hybridized carbons (Fsp3) is 0.364. The normalized spacial score (nSPS) is 19.3. The Balaban J connectivity index is 1.42. The summed E-state index contributed by atoms with van der Waals surface area (Å²) >= 11 is 0. The van der Waals surface area contributed by atoms with Crippen LogP contribution in [0, 0.1) is 5.92 Å². The topological polar surface area (TPSA) is 40.6 Å². The van der Waals surface area contributed by atoms with Crippen molar-refractivity contribution in [1.29, 1.82) is 0 Å². The van der Waals surface area contributed by atoms with E-state index in [0.717, 1.165) is 43.6 Å². The van der Waals surface area contributed by atoms with Crippen molar-refractivity contribution in [2.45, 2.75) is 25.7 Å². The maximum absolute atomic E-state index is 13.1. The third-order valence-electron chi connectivity index (χ3n) is 5.47. The van der Waals surface area contributed by atoms with Crippen LogP contribution >= 0.6 is 0 Å². The second-order valence-corrected chi connectivity index (χ2v) is 7.21. The molecule has 1 atom stereocenters. The van der Waals surface area contributed by atoms with Crippen LogP contribution in [0.4, 0.5) is 5.69 Å². The summed E-state index contributed by atoms with van der Waals surface area (Å²) in [6.07, 6.45) is 3.10. The number of anilines is 1. The summed E-state index contributed by atoms with van der Waals surface area (Å²) in [6, 6.07) is 18.0. The molecule has 4 nitrogen and oxygen atoms in total. The van der Waals surface area contributed by atoms with Gasteiger partial charge in [0.2, 0.25) is 11.8 Å². The van der Waals surface area contributed by atoms with Gasteiger partial charge in [-0.1, -0.05) is 48.5 Å². The molecular formula is C22H24N2O2. The Morgan fingerprint density at radius 1 is 0.962 bits per heavy atom. The molecule has 2 aliphatic rings. The van der Waals surface area contributed by atoms with Crippen LogP contribution in [0.2, 0.25) is 0 Å². The van der Waals surface area contributed by atoms with Crippen molar-refractivity contribution >= 4 is 17.5 Å². The number of rotatable bonds is 3. The van der Waals surface area contributed by atoms with E-state index in [1.807, 2.05) is 58.3 Å². The lowest BCUT2D eigenvalue weighted by Crippen LogP contribution is -2.47. The number of para-hydroxylation sites is 1. The first-order valence-electron chi connectivity index (χ1n) is 9.43. The standard InChI is InChI=1S/C22H24N2O2/c25-21(15-17-7-2-1-3-8-17)23-13-6-10-19(16-23)22(26)24-14-12-18-9-4-5-11-20(18)24/h1-5,7-9,11,19H,6,10,12-16H2. The van der Waals surface area contributed by atoms with Gasteiger partial charge < -0.3 is 9.80 Å². The van der Waals surface area contributed by atoms with E-state index in [-0.39, 0.29) is 17.7 Å². The molecule has 2 aliphatic heterocycles. The molecule has 0 bridgehead atoms. The third kappa shape index (κ3) is 3.36. The lowest BCUT2D eigenvalue weighted by atomic mass is 9.95. The number of carbonyl (C=O) groups is 2. The first-order chi connectivity index (χ1) is 12.7. The molecule has 1 unspecified atom stereocenters. The Labute approximate surface area is 154 Å². The summed E-state index contributed by atoms with van der Waals surface area (Å²) < 4.78 is 0. The van der Waals surface area contributed by atoms with E-state index in [0.29, 0.717) is 13.0 Å². The molecule has 1 fully saturated rings. The van der Waals surface area contributed by atoms with Crippen molar-refractivity contribution in [2.75, 3.05) is 24.5 Å². The minimum atomic E-state index is -0.0883. The molecule has 0 spiro atoms. The Bertz CT molecular complexity index is 803. The molecule has 4 heteroatoms. The number of fused-ring (bicyclic) bond motifs is 1. The predicted molar refractivity (Wildman–Crippen MR) is 102 cm³/mol. The quantitative estimate of drug-likeness (QED) is 0.855. The predicted octanol–water partition coefficient (Wildman–Crippen LogP) is 3.06. The van der Waals surface area contributed by atoms with Crippen molar-refractivity contribution in [3.63, 3.8) is 0 Å². The molecule has 0 saturated carbocycles. The molecule has 0 N–H and O–H groups in total. The maximum atomic E-state index is 13.1. The molecule has 2 aromatic rings. The highest BCUT2D eigenvalue weighted by Crippen LogP contribution is 2.30. The highest BCUT2D eigenvalue weighted by molar-refractivity contribution is 5.97. The maximum Gasteiger partial charge on any atom is 0.231 e. The van der Waals surface area contributed by atoms with Crippen LogP contribution in [0.3, 0.4) is 0 Å². The van der Waals surface area contributed by atoms with Crippen molar-refractivity contribution in [3.8, 4) is 0 Å². The third-order valence-corrected chi connectivity index (χ3v) is 5.47. The lowest BCUT2D eigenvalue weighted by molar-refractivity contribution is -0.134. The number of nitrogens with zero attached hydrogens (tertiary/aromatic N) is 2. The van der Waals surface area contributed by atoms with Gasteiger partial charge in [-0.3, -0.25) is 9.59 Å². The zero-order valence-electron chi connectivity index (χ0n) is 14.9. The van der Waals surface area contributed by atoms with Gasteiger partial charge in [0.15, 0.2) is 0 Å². The van der Waals surface area contributed by atoms with Crippen molar-refractivity contribution in [1.82, 2.24) is 4.90 Å². The number of benzene rings is 2. The van der Waals surface area contributed by atoms with E-state index in [2.05, 4.69) is 6.07 Å². The molecule has 0 aliphatic carbocycles. The zero-order valence-corrected chi connectivity index (χ0v) is 14.9.